The van der Waals surface area contributed by atoms with E-state index in [4.69, 9.17) is 10.5 Å². The molecule has 1 saturated heterocycles. The number of aromatic nitrogens is 2. The van der Waals surface area contributed by atoms with Crippen molar-refractivity contribution in [3.8, 4) is 0 Å². The molecule has 8 N–H and O–H groups in total. The number of nitrogen functional groups attached to an aromatic ring is 1. The van der Waals surface area contributed by atoms with Crippen LogP contribution in [0.4, 0.5) is 5.82 Å². The van der Waals surface area contributed by atoms with Crippen LogP contribution < -0.4 is 21.2 Å². The summed E-state index contributed by atoms with van der Waals surface area (Å²) >= 11 is 0. The van der Waals surface area contributed by atoms with Crippen molar-refractivity contribution in [2.75, 3.05) is 12.3 Å². The third-order valence-corrected chi connectivity index (χ3v) is 7.67. The number of anilines is 1. The molecule has 3 rings (SSSR count). The highest BCUT2D eigenvalue weighted by atomic mass is 31.2. The highest BCUT2D eigenvalue weighted by Gasteiger charge is 2.48. The van der Waals surface area contributed by atoms with Gasteiger partial charge in [-0.2, -0.15) is 4.98 Å². The molecular weight excluding hydrogens is 492 g/mol. The maximum atomic E-state index is 12.3. The predicted molar refractivity (Wildman–Crippen MR) is 103 cm³/mol. The van der Waals surface area contributed by atoms with Crippen LogP contribution in [0.2, 0.25) is 0 Å². The number of phosphoric ester groups is 1. The highest BCUT2D eigenvalue weighted by Crippen LogP contribution is 2.57. The molecule has 2 fully saturated rings. The summed E-state index contributed by atoms with van der Waals surface area (Å²) in [6.07, 6.45) is -8.43. The topological polar surface area (TPSA) is 273 Å². The first kappa shape index (κ1) is 26.5. The molecule has 0 bridgehead atoms. The van der Waals surface area contributed by atoms with Gasteiger partial charge in [0.25, 0.3) is 0 Å². The van der Waals surface area contributed by atoms with Crippen LogP contribution in [0.3, 0.4) is 0 Å². The van der Waals surface area contributed by atoms with E-state index in [1.54, 1.807) is 0 Å². The van der Waals surface area contributed by atoms with E-state index in [0.29, 0.717) is 0 Å². The Morgan fingerprint density at radius 3 is 2.42 bits per heavy atom. The minimum absolute atomic E-state index is 0.0982. The van der Waals surface area contributed by atoms with E-state index in [9.17, 15) is 49.4 Å². The summed E-state index contributed by atoms with van der Waals surface area (Å²) in [6.45, 7) is -0.892. The van der Waals surface area contributed by atoms with Crippen molar-refractivity contribution in [3.63, 3.8) is 0 Å². The van der Waals surface area contributed by atoms with Crippen LogP contribution in [0, 0.1) is 5.92 Å². The number of aliphatic hydroxyl groups is 4. The summed E-state index contributed by atoms with van der Waals surface area (Å²) in [5.41, 5.74) is 4.48. The molecule has 1 aromatic rings. The first-order valence-corrected chi connectivity index (χ1v) is 12.8. The molecule has 0 amide bonds. The molecular formula is C15H24N3O13P2-. The van der Waals surface area contributed by atoms with Crippen molar-refractivity contribution in [1.29, 1.82) is 0 Å². The third kappa shape index (κ3) is 6.13. The highest BCUT2D eigenvalue weighted by molar-refractivity contribution is 7.57. The van der Waals surface area contributed by atoms with Crippen LogP contribution in [0.5, 0.6) is 0 Å². The number of nitrogens with zero attached hydrogens (tertiary/aromatic N) is 2. The molecule has 1 saturated carbocycles. The lowest BCUT2D eigenvalue weighted by atomic mass is 10.1. The first-order valence-electron chi connectivity index (χ1n) is 9.61. The lowest BCUT2D eigenvalue weighted by Gasteiger charge is -2.38. The molecule has 9 atom stereocenters. The van der Waals surface area contributed by atoms with E-state index in [-0.39, 0.29) is 18.7 Å². The van der Waals surface area contributed by atoms with E-state index in [1.165, 1.54) is 6.07 Å². The Morgan fingerprint density at radius 2 is 1.88 bits per heavy atom. The number of hydrogen-bond donors (Lipinski definition) is 7. The van der Waals surface area contributed by atoms with Crippen molar-refractivity contribution in [2.24, 2.45) is 5.92 Å². The Labute approximate surface area is 186 Å². The Morgan fingerprint density at radius 1 is 1.27 bits per heavy atom. The number of aliphatic hydroxyl groups excluding tert-OH is 4. The summed E-state index contributed by atoms with van der Waals surface area (Å²) in [5.74, 6) is -3.58. The third-order valence-electron chi connectivity index (χ3n) is 5.36. The maximum absolute atomic E-state index is 12.3. The molecule has 1 aromatic heterocycles. The van der Waals surface area contributed by atoms with Gasteiger partial charge < -0.3 is 45.6 Å². The van der Waals surface area contributed by atoms with Crippen LogP contribution in [-0.4, -0.2) is 82.7 Å². The monoisotopic (exact) mass is 516 g/mol. The zero-order valence-corrected chi connectivity index (χ0v) is 18.6. The van der Waals surface area contributed by atoms with Crippen molar-refractivity contribution in [3.05, 3.63) is 22.7 Å². The Balaban J connectivity index is 1.66. The molecule has 188 valence electrons. The largest absolute Gasteiger partial charge is 0.658 e. The van der Waals surface area contributed by atoms with E-state index >= 15 is 0 Å². The van der Waals surface area contributed by atoms with E-state index in [0.717, 1.165) is 10.8 Å². The molecule has 2 aliphatic rings. The van der Waals surface area contributed by atoms with Gasteiger partial charge in [0.15, 0.2) is 12.1 Å². The van der Waals surface area contributed by atoms with Gasteiger partial charge in [-0.3, -0.25) is 14.0 Å². The predicted octanol–water partition coefficient (Wildman–Crippen LogP) is -4.49. The van der Waals surface area contributed by atoms with Gasteiger partial charge in [0, 0.05) is 12.1 Å². The van der Waals surface area contributed by atoms with Gasteiger partial charge >= 0.3 is 13.5 Å². The van der Waals surface area contributed by atoms with Crippen LogP contribution in [0.15, 0.2) is 17.1 Å². The van der Waals surface area contributed by atoms with Crippen LogP contribution in [-0.2, 0) is 18.3 Å². The second-order valence-corrected chi connectivity index (χ2v) is 10.8. The number of ether oxygens (including phenoxy) is 1. The smallest absolute Gasteiger partial charge is 0.475 e. The fourth-order valence-electron chi connectivity index (χ4n) is 3.73. The van der Waals surface area contributed by atoms with Gasteiger partial charge in [-0.05, 0) is 18.9 Å². The van der Waals surface area contributed by atoms with Gasteiger partial charge in [0.2, 0.25) is 0 Å². The minimum Gasteiger partial charge on any atom is -0.658 e. The van der Waals surface area contributed by atoms with Crippen molar-refractivity contribution >= 4 is 21.6 Å². The SMILES string of the molecule is Nc1ccn([C@@H]2O[C@H](COP(=O)(O)OC(C3C[C@@H](O)[C@@H](O)C3)[P+]([O-])([O-])O)[C@@H](O)[C@H]2O)c(=O)n1. The molecule has 0 radical (unpaired) electrons. The molecule has 0 spiro atoms. The number of hydrogen-bond acceptors (Lipinski definition) is 14. The van der Waals surface area contributed by atoms with Crippen molar-refractivity contribution in [2.45, 2.75) is 55.4 Å². The van der Waals surface area contributed by atoms with E-state index in [2.05, 4.69) is 14.0 Å². The minimum atomic E-state index is -5.39. The molecule has 3 unspecified atom stereocenters. The van der Waals surface area contributed by atoms with E-state index < -0.39 is 76.6 Å². The Kier molecular flexibility index (Phi) is 7.93. The molecule has 18 heteroatoms. The molecule has 1 aliphatic heterocycles. The average Bonchev–Trinajstić information content (AvgIpc) is 3.17. The Bertz CT molecular complexity index is 932. The van der Waals surface area contributed by atoms with Crippen molar-refractivity contribution in [1.82, 2.24) is 9.55 Å². The number of nitrogens with two attached hydrogens (primary N) is 1. The molecule has 2 heterocycles. The van der Waals surface area contributed by atoms with Crippen LogP contribution in [0.1, 0.15) is 19.1 Å². The van der Waals surface area contributed by atoms with Crippen LogP contribution in [0.25, 0.3) is 0 Å². The summed E-state index contributed by atoms with van der Waals surface area (Å²) in [6, 6.07) is 1.23. The number of phosphoric acid groups is 1. The zero-order valence-electron chi connectivity index (χ0n) is 16.8. The van der Waals surface area contributed by atoms with Gasteiger partial charge in [-0.15, -0.1) is 0 Å². The van der Waals surface area contributed by atoms with Crippen LogP contribution >= 0.6 is 15.8 Å². The fourth-order valence-corrected chi connectivity index (χ4v) is 6.18. The zero-order chi connectivity index (χ0) is 24.7. The summed E-state index contributed by atoms with van der Waals surface area (Å²) < 4.78 is 27.8. The lowest BCUT2D eigenvalue weighted by Crippen LogP contribution is -2.38. The normalized spacial score (nSPS) is 35.5. The molecule has 33 heavy (non-hydrogen) atoms. The van der Waals surface area contributed by atoms with Gasteiger partial charge in [0.1, 0.15) is 24.1 Å². The van der Waals surface area contributed by atoms with Gasteiger partial charge in [-0.1, -0.05) is 0 Å². The molecule has 0 aromatic carbocycles. The molecule has 1 aliphatic carbocycles. The first-order chi connectivity index (χ1) is 15.2. The lowest BCUT2D eigenvalue weighted by molar-refractivity contribution is -0.341. The van der Waals surface area contributed by atoms with Gasteiger partial charge in [0.05, 0.1) is 26.8 Å². The Hall–Kier alpha value is -1.10. The van der Waals surface area contributed by atoms with Gasteiger partial charge in [-0.25, -0.2) is 13.9 Å². The molecule has 16 nitrogen and oxygen atoms in total. The van der Waals surface area contributed by atoms with Crippen molar-refractivity contribution < 1.29 is 58.3 Å². The second kappa shape index (κ2) is 9.87. The standard InChI is InChI=1S/C15H25N3O13P2/c16-10-1-2-18(15(23)17-10)13-12(22)11(21)9(30-13)5-29-33(27,28)31-14(32(24,25)26)6-3-7(19)8(20)4-6/h1-2,6-9,11-14,19-22H,3-5H2,(H,27,28)(H2,16,17,23)(H2,24,25,26)/p-1/t6?,7-,8+,9-,11-,12-,13-,14?/m1/s1. The maximum Gasteiger partial charge on any atom is 0.475 e. The summed E-state index contributed by atoms with van der Waals surface area (Å²) in [4.78, 5) is 58.1. The second-order valence-electron chi connectivity index (χ2n) is 7.78. The van der Waals surface area contributed by atoms with E-state index in [1.807, 2.05) is 0 Å². The quantitative estimate of drug-likeness (QED) is 0.160. The summed E-state index contributed by atoms with van der Waals surface area (Å²) in [7, 11) is -10.6. The fraction of sp³-hybridized carbons (Fsp3) is 0.733. The number of rotatable bonds is 8. The average molecular weight is 516 g/mol. The summed E-state index contributed by atoms with van der Waals surface area (Å²) in [5, 5.41) is 39.5.